The number of carbonyl (C=O) groups is 4. The maximum Gasteiger partial charge on any atom is 0.303 e. The van der Waals surface area contributed by atoms with Gasteiger partial charge in [0.25, 0.3) is 0 Å². The SMILES string of the molecule is CC(=O)OC[C@]1(OC(C)=O)C(=O)C=C[C@H]1OC(C)=O. The Labute approximate surface area is 109 Å². The summed E-state index contributed by atoms with van der Waals surface area (Å²) in [6, 6.07) is 0. The van der Waals surface area contributed by atoms with Gasteiger partial charge in [0.15, 0.2) is 6.10 Å². The van der Waals surface area contributed by atoms with Crippen molar-refractivity contribution in [2.75, 3.05) is 6.61 Å². The first-order chi connectivity index (χ1) is 8.78. The zero-order chi connectivity index (χ0) is 14.6. The second kappa shape index (κ2) is 5.64. The minimum absolute atomic E-state index is 0.508. The molecule has 0 saturated heterocycles. The van der Waals surface area contributed by atoms with E-state index in [0.29, 0.717) is 0 Å². The van der Waals surface area contributed by atoms with Crippen molar-refractivity contribution in [2.24, 2.45) is 0 Å². The van der Waals surface area contributed by atoms with Gasteiger partial charge in [0.1, 0.15) is 6.61 Å². The zero-order valence-electron chi connectivity index (χ0n) is 10.8. The van der Waals surface area contributed by atoms with Crippen LogP contribution in [0.2, 0.25) is 0 Å². The van der Waals surface area contributed by atoms with E-state index in [1.807, 2.05) is 0 Å². The van der Waals surface area contributed by atoms with Gasteiger partial charge in [0, 0.05) is 20.8 Å². The van der Waals surface area contributed by atoms with Crippen molar-refractivity contribution in [3.63, 3.8) is 0 Å². The van der Waals surface area contributed by atoms with Gasteiger partial charge in [-0.1, -0.05) is 0 Å². The summed E-state index contributed by atoms with van der Waals surface area (Å²) in [5.74, 6) is -2.65. The first kappa shape index (κ1) is 14.9. The molecule has 0 aromatic rings. The molecule has 104 valence electrons. The number of ketones is 1. The highest BCUT2D eigenvalue weighted by atomic mass is 16.6. The molecule has 1 aliphatic rings. The van der Waals surface area contributed by atoms with E-state index in [9.17, 15) is 19.2 Å². The van der Waals surface area contributed by atoms with E-state index < -0.39 is 42.0 Å². The molecule has 2 atom stereocenters. The van der Waals surface area contributed by atoms with E-state index in [1.54, 1.807) is 0 Å². The van der Waals surface area contributed by atoms with Crippen LogP contribution in [0.15, 0.2) is 12.2 Å². The molecule has 7 heteroatoms. The Balaban J connectivity index is 3.03. The summed E-state index contributed by atoms with van der Waals surface area (Å²) in [7, 11) is 0. The number of carbonyl (C=O) groups excluding carboxylic acids is 4. The third-order valence-electron chi connectivity index (χ3n) is 2.41. The molecule has 0 radical (unpaired) electrons. The molecule has 0 heterocycles. The van der Waals surface area contributed by atoms with Crippen molar-refractivity contribution in [3.8, 4) is 0 Å². The van der Waals surface area contributed by atoms with Crippen molar-refractivity contribution < 1.29 is 33.4 Å². The van der Waals surface area contributed by atoms with Gasteiger partial charge < -0.3 is 14.2 Å². The third kappa shape index (κ3) is 3.40. The lowest BCUT2D eigenvalue weighted by molar-refractivity contribution is -0.189. The van der Waals surface area contributed by atoms with Gasteiger partial charge in [-0.15, -0.1) is 0 Å². The number of ether oxygens (including phenoxy) is 3. The van der Waals surface area contributed by atoms with Crippen molar-refractivity contribution in [1.82, 2.24) is 0 Å². The molecule has 0 bridgehead atoms. The van der Waals surface area contributed by atoms with Crippen molar-refractivity contribution in [3.05, 3.63) is 12.2 Å². The average Bonchev–Trinajstić information content (AvgIpc) is 2.54. The van der Waals surface area contributed by atoms with Gasteiger partial charge >= 0.3 is 17.9 Å². The molecule has 0 unspecified atom stereocenters. The lowest BCUT2D eigenvalue weighted by Crippen LogP contribution is -2.53. The molecular weight excluding hydrogens is 256 g/mol. The lowest BCUT2D eigenvalue weighted by atomic mass is 9.98. The molecule has 19 heavy (non-hydrogen) atoms. The van der Waals surface area contributed by atoms with E-state index in [-0.39, 0.29) is 0 Å². The Bertz CT molecular complexity index is 451. The Morgan fingerprint density at radius 3 is 2.26 bits per heavy atom. The molecule has 1 rings (SSSR count). The van der Waals surface area contributed by atoms with Crippen LogP contribution in [0.5, 0.6) is 0 Å². The van der Waals surface area contributed by atoms with Crippen LogP contribution in [-0.4, -0.2) is 42.0 Å². The molecule has 1 aliphatic carbocycles. The second-order valence-electron chi connectivity index (χ2n) is 4.02. The quantitative estimate of drug-likeness (QED) is 0.520. The summed E-state index contributed by atoms with van der Waals surface area (Å²) < 4.78 is 14.6. The van der Waals surface area contributed by atoms with Crippen LogP contribution in [0, 0.1) is 0 Å². The lowest BCUT2D eigenvalue weighted by Gasteiger charge is -2.31. The predicted octanol–water partition coefficient (Wildman–Crippen LogP) is -0.0780. The number of hydrogen-bond acceptors (Lipinski definition) is 7. The first-order valence-electron chi connectivity index (χ1n) is 5.50. The Morgan fingerprint density at radius 2 is 1.79 bits per heavy atom. The van der Waals surface area contributed by atoms with E-state index in [0.717, 1.165) is 26.8 Å². The second-order valence-corrected chi connectivity index (χ2v) is 4.02. The topological polar surface area (TPSA) is 96.0 Å². The van der Waals surface area contributed by atoms with Crippen LogP contribution in [0.1, 0.15) is 20.8 Å². The molecular formula is C12H14O7. The Hall–Kier alpha value is -2.18. The fourth-order valence-electron chi connectivity index (χ4n) is 1.68. The minimum atomic E-state index is -1.83. The van der Waals surface area contributed by atoms with Crippen LogP contribution in [0.25, 0.3) is 0 Å². The van der Waals surface area contributed by atoms with E-state index in [1.165, 1.54) is 6.08 Å². The van der Waals surface area contributed by atoms with Gasteiger partial charge in [-0.25, -0.2) is 0 Å². The summed E-state index contributed by atoms with van der Waals surface area (Å²) in [5.41, 5.74) is -1.83. The van der Waals surface area contributed by atoms with Crippen molar-refractivity contribution >= 4 is 23.7 Å². The first-order valence-corrected chi connectivity index (χ1v) is 5.50. The Morgan fingerprint density at radius 1 is 1.16 bits per heavy atom. The fraction of sp³-hybridized carbons (Fsp3) is 0.500. The summed E-state index contributed by atoms with van der Waals surface area (Å²) in [6.45, 7) is 2.90. The highest BCUT2D eigenvalue weighted by molar-refractivity contribution is 6.02. The largest absolute Gasteiger partial charge is 0.461 e. The molecule has 0 amide bonds. The van der Waals surface area contributed by atoms with E-state index in [4.69, 9.17) is 14.2 Å². The van der Waals surface area contributed by atoms with Gasteiger partial charge in [-0.2, -0.15) is 0 Å². The molecule has 0 aromatic heterocycles. The van der Waals surface area contributed by atoms with Crippen molar-refractivity contribution in [1.29, 1.82) is 0 Å². The summed E-state index contributed by atoms with van der Waals surface area (Å²) in [5, 5.41) is 0. The molecule has 0 aliphatic heterocycles. The fourth-order valence-corrected chi connectivity index (χ4v) is 1.68. The number of esters is 3. The Kier molecular flexibility index (Phi) is 4.42. The normalized spacial score (nSPS) is 25.0. The number of rotatable bonds is 4. The van der Waals surface area contributed by atoms with Crippen LogP contribution in [0.4, 0.5) is 0 Å². The number of hydrogen-bond donors (Lipinski definition) is 0. The highest BCUT2D eigenvalue weighted by Gasteiger charge is 2.53. The van der Waals surface area contributed by atoms with E-state index in [2.05, 4.69) is 0 Å². The smallest absolute Gasteiger partial charge is 0.303 e. The predicted molar refractivity (Wildman–Crippen MR) is 60.8 cm³/mol. The maximum atomic E-state index is 11.9. The molecule has 0 fully saturated rings. The minimum Gasteiger partial charge on any atom is -0.461 e. The molecule has 7 nitrogen and oxygen atoms in total. The van der Waals surface area contributed by atoms with Gasteiger partial charge in [-0.05, 0) is 12.2 Å². The summed E-state index contributed by atoms with van der Waals surface area (Å²) >= 11 is 0. The van der Waals surface area contributed by atoms with Crippen LogP contribution in [-0.2, 0) is 33.4 Å². The van der Waals surface area contributed by atoms with E-state index >= 15 is 0 Å². The molecule has 0 spiro atoms. The van der Waals surface area contributed by atoms with Gasteiger partial charge in [-0.3, -0.25) is 19.2 Å². The zero-order valence-corrected chi connectivity index (χ0v) is 10.8. The average molecular weight is 270 g/mol. The van der Waals surface area contributed by atoms with Crippen molar-refractivity contribution in [2.45, 2.75) is 32.5 Å². The molecule has 0 N–H and O–H groups in total. The van der Waals surface area contributed by atoms with Gasteiger partial charge in [0.05, 0.1) is 0 Å². The monoisotopic (exact) mass is 270 g/mol. The van der Waals surface area contributed by atoms with Gasteiger partial charge in [0.2, 0.25) is 11.4 Å². The maximum absolute atomic E-state index is 11.9. The summed E-state index contributed by atoms with van der Waals surface area (Å²) in [6.07, 6.45) is 1.30. The standard InChI is InChI=1S/C12H14O7/c1-7(13)17-6-12(19-9(3)15)10(16)4-5-11(12)18-8(2)14/h4-5,11H,6H2,1-3H3/t11-,12+/m1/s1. The van der Waals surface area contributed by atoms with Crippen LogP contribution >= 0.6 is 0 Å². The third-order valence-corrected chi connectivity index (χ3v) is 2.41. The highest BCUT2D eigenvalue weighted by Crippen LogP contribution is 2.29. The summed E-state index contributed by atoms with van der Waals surface area (Å²) in [4.78, 5) is 44.9. The molecule has 0 aromatic carbocycles. The molecule has 0 saturated carbocycles. The van der Waals surface area contributed by atoms with Crippen LogP contribution < -0.4 is 0 Å². The van der Waals surface area contributed by atoms with Crippen LogP contribution in [0.3, 0.4) is 0 Å².